The molecule has 6 rings (SSSR count). The highest BCUT2D eigenvalue weighted by Gasteiger charge is 2.18. The Kier molecular flexibility index (Phi) is 13.1. The van der Waals surface area contributed by atoms with E-state index in [-0.39, 0.29) is 5.48 Å². The minimum Gasteiger partial charge on any atom is -0.412 e. The van der Waals surface area contributed by atoms with Crippen LogP contribution in [-0.4, -0.2) is 23.9 Å². The van der Waals surface area contributed by atoms with Crippen molar-refractivity contribution in [3.05, 3.63) is 155 Å². The zero-order chi connectivity index (χ0) is 34.2. The van der Waals surface area contributed by atoms with Crippen LogP contribution in [0.5, 0.6) is 0 Å². The molecule has 0 saturated carbocycles. The van der Waals surface area contributed by atoms with Gasteiger partial charge in [0.15, 0.2) is 0 Å². The van der Waals surface area contributed by atoms with Crippen molar-refractivity contribution < 1.29 is 13.9 Å². The van der Waals surface area contributed by atoms with Gasteiger partial charge in [0.2, 0.25) is 0 Å². The van der Waals surface area contributed by atoms with Crippen LogP contribution in [-0.2, 0) is 34.4 Å². The first-order valence-corrected chi connectivity index (χ1v) is 18.6. The summed E-state index contributed by atoms with van der Waals surface area (Å²) in [6.07, 6.45) is 1.79. The fourth-order valence-corrected chi connectivity index (χ4v) is 7.84. The molecule has 2 N–H and O–H groups in total. The molecule has 0 unspecified atom stereocenters. The highest BCUT2D eigenvalue weighted by molar-refractivity contribution is 7.85. The van der Waals surface area contributed by atoms with Crippen molar-refractivity contribution in [1.29, 1.82) is 0 Å². The van der Waals surface area contributed by atoms with Crippen LogP contribution in [0.1, 0.15) is 47.5 Å². The van der Waals surface area contributed by atoms with Crippen molar-refractivity contribution in [2.24, 2.45) is 0 Å². The zero-order valence-corrected chi connectivity index (χ0v) is 30.6. The van der Waals surface area contributed by atoms with Crippen LogP contribution in [0.4, 0.5) is 0 Å². The Morgan fingerprint density at radius 3 is 1.16 bits per heavy atom. The molecule has 252 valence electrons. The highest BCUT2D eigenvalue weighted by atomic mass is 32.2. The van der Waals surface area contributed by atoms with Crippen molar-refractivity contribution in [1.82, 2.24) is 9.97 Å². The van der Waals surface area contributed by atoms with E-state index in [0.29, 0.717) is 0 Å². The molecule has 0 radical (unpaired) electrons. The Bertz CT molecular complexity index is 1920. The summed E-state index contributed by atoms with van der Waals surface area (Å²) in [4.78, 5) is 12.7. The van der Waals surface area contributed by atoms with E-state index in [0.717, 1.165) is 77.5 Å². The van der Waals surface area contributed by atoms with Gasteiger partial charge in [0.25, 0.3) is 0 Å². The molecule has 0 spiro atoms. The molecule has 2 aromatic heterocycles. The Morgan fingerprint density at radius 2 is 0.816 bits per heavy atom. The molecule has 0 aliphatic carbocycles. The molecule has 49 heavy (non-hydrogen) atoms. The van der Waals surface area contributed by atoms with Gasteiger partial charge in [-0.05, 0) is 100 Å². The third-order valence-corrected chi connectivity index (χ3v) is 11.1. The van der Waals surface area contributed by atoms with Gasteiger partial charge in [-0.2, -0.15) is 0 Å². The summed E-state index contributed by atoms with van der Waals surface area (Å²) in [5.74, 6) is 0. The monoisotopic (exact) mass is 688 g/mol. The van der Waals surface area contributed by atoms with E-state index in [4.69, 9.17) is 9.97 Å². The third kappa shape index (κ3) is 8.92. The van der Waals surface area contributed by atoms with Gasteiger partial charge in [0.05, 0.1) is 42.8 Å². The molecule has 2 heterocycles. The summed E-state index contributed by atoms with van der Waals surface area (Å²) in [7, 11) is -2.45. The lowest BCUT2D eigenvalue weighted by atomic mass is 10.0. The van der Waals surface area contributed by atoms with Gasteiger partial charge in [-0.1, -0.05) is 97.8 Å². The molecular formula is C42H44N2O3S2. The molecule has 5 nitrogen and oxygen atoms in total. The standard InChI is InChI=1S/2C21H21NOS.H2O/c2*1-4-17-12-11-16(3)22-21(17)19-7-5-6-8-20(19)24(23)18-13-9-15(2)10-14-18;/h2*5-14H,4H2,1-3H3;1H2/t2*24-;/m11./s1. The van der Waals surface area contributed by atoms with Crippen LogP contribution in [0.15, 0.2) is 141 Å². The summed E-state index contributed by atoms with van der Waals surface area (Å²) in [5.41, 5.74) is 10.4. The molecule has 0 amide bonds. The lowest BCUT2D eigenvalue weighted by molar-refractivity contribution is 0.682. The molecule has 0 bridgehead atoms. The fraction of sp³-hybridized carbons (Fsp3) is 0.190. The number of nitrogens with zero attached hydrogens (tertiary/aromatic N) is 2. The number of rotatable bonds is 8. The van der Waals surface area contributed by atoms with Gasteiger partial charge in [0, 0.05) is 32.3 Å². The number of aromatic nitrogens is 2. The van der Waals surface area contributed by atoms with Crippen LogP contribution >= 0.6 is 0 Å². The van der Waals surface area contributed by atoms with Crippen LogP contribution in [0.25, 0.3) is 22.5 Å². The SMILES string of the molecule is CCc1ccc(C)nc1-c1ccccc1[S@](=O)c1ccc(C)cc1.CCc1ccc(C)nc1-c1ccccc1[S@](=O)c1ccc(C)cc1.O. The molecule has 0 fully saturated rings. The lowest BCUT2D eigenvalue weighted by Gasteiger charge is -2.13. The topological polar surface area (TPSA) is 91.4 Å². The number of hydrogen-bond donors (Lipinski definition) is 0. The Balaban J connectivity index is 0.000000216. The first kappa shape index (κ1) is 37.3. The maximum absolute atomic E-state index is 13.1. The predicted octanol–water partition coefficient (Wildman–Crippen LogP) is 9.36. The molecular weight excluding hydrogens is 645 g/mol. The van der Waals surface area contributed by atoms with Gasteiger partial charge in [-0.25, -0.2) is 8.42 Å². The first-order valence-electron chi connectivity index (χ1n) is 16.3. The van der Waals surface area contributed by atoms with E-state index in [2.05, 4.69) is 26.0 Å². The second kappa shape index (κ2) is 17.2. The predicted molar refractivity (Wildman–Crippen MR) is 203 cm³/mol. The van der Waals surface area contributed by atoms with Crippen LogP contribution in [0.3, 0.4) is 0 Å². The molecule has 0 aliphatic heterocycles. The van der Waals surface area contributed by atoms with Gasteiger partial charge >= 0.3 is 0 Å². The Labute approximate surface area is 295 Å². The molecule has 0 aliphatic rings. The molecule has 4 aromatic carbocycles. The average molecular weight is 689 g/mol. The van der Waals surface area contributed by atoms with Gasteiger partial charge < -0.3 is 5.48 Å². The zero-order valence-electron chi connectivity index (χ0n) is 29.0. The maximum atomic E-state index is 13.1. The minimum atomic E-state index is -1.22. The fourth-order valence-electron chi connectivity index (χ4n) is 5.43. The summed E-state index contributed by atoms with van der Waals surface area (Å²) in [6, 6.07) is 39.8. The number of aryl methyl sites for hydroxylation is 6. The largest absolute Gasteiger partial charge is 0.412 e. The second-order valence-corrected chi connectivity index (χ2v) is 14.7. The quantitative estimate of drug-likeness (QED) is 0.159. The average Bonchev–Trinajstić information content (AvgIpc) is 3.12. The summed E-state index contributed by atoms with van der Waals surface area (Å²) in [6.45, 7) is 12.3. The van der Waals surface area contributed by atoms with Crippen molar-refractivity contribution in [2.45, 2.75) is 74.0 Å². The van der Waals surface area contributed by atoms with E-state index in [9.17, 15) is 8.42 Å². The van der Waals surface area contributed by atoms with E-state index in [1.54, 1.807) is 0 Å². The summed E-state index contributed by atoms with van der Waals surface area (Å²) >= 11 is 0. The molecule has 6 aromatic rings. The van der Waals surface area contributed by atoms with E-state index in [1.165, 1.54) is 11.1 Å². The van der Waals surface area contributed by atoms with Crippen molar-refractivity contribution in [3.8, 4) is 22.5 Å². The van der Waals surface area contributed by atoms with Crippen molar-refractivity contribution in [2.75, 3.05) is 0 Å². The van der Waals surface area contributed by atoms with E-state index in [1.807, 2.05) is 137 Å². The third-order valence-electron chi connectivity index (χ3n) is 8.15. The summed E-state index contributed by atoms with van der Waals surface area (Å²) in [5, 5.41) is 0. The summed E-state index contributed by atoms with van der Waals surface area (Å²) < 4.78 is 26.2. The van der Waals surface area contributed by atoms with E-state index >= 15 is 0 Å². The first-order chi connectivity index (χ1) is 23.2. The van der Waals surface area contributed by atoms with Gasteiger partial charge in [0.1, 0.15) is 0 Å². The van der Waals surface area contributed by atoms with Crippen LogP contribution in [0.2, 0.25) is 0 Å². The van der Waals surface area contributed by atoms with Gasteiger partial charge in [-0.15, -0.1) is 0 Å². The Hall–Kier alpha value is -4.56. The highest BCUT2D eigenvalue weighted by Crippen LogP contribution is 2.32. The van der Waals surface area contributed by atoms with Crippen molar-refractivity contribution in [3.63, 3.8) is 0 Å². The number of benzene rings is 4. The molecule has 2 atom stereocenters. The van der Waals surface area contributed by atoms with Crippen molar-refractivity contribution >= 4 is 21.6 Å². The number of hydrogen-bond acceptors (Lipinski definition) is 4. The van der Waals surface area contributed by atoms with E-state index < -0.39 is 21.6 Å². The molecule has 7 heteroatoms. The maximum Gasteiger partial charge on any atom is 0.0856 e. The smallest absolute Gasteiger partial charge is 0.0856 e. The minimum absolute atomic E-state index is 0. The van der Waals surface area contributed by atoms with Crippen LogP contribution < -0.4 is 0 Å². The van der Waals surface area contributed by atoms with Crippen LogP contribution in [0, 0.1) is 27.7 Å². The molecule has 0 saturated heterocycles. The normalized spacial score (nSPS) is 11.9. The lowest BCUT2D eigenvalue weighted by Crippen LogP contribution is -2.00. The number of pyridine rings is 2. The van der Waals surface area contributed by atoms with Gasteiger partial charge in [-0.3, -0.25) is 9.97 Å². The Morgan fingerprint density at radius 1 is 0.469 bits per heavy atom. The second-order valence-electron chi connectivity index (χ2n) is 11.8.